The number of anilines is 1. The Labute approximate surface area is 151 Å². The highest BCUT2D eigenvalue weighted by atomic mass is 35.5. The largest absolute Gasteiger partial charge is 0.489 e. The third kappa shape index (κ3) is 3.60. The van der Waals surface area contributed by atoms with Gasteiger partial charge < -0.3 is 14.5 Å². The van der Waals surface area contributed by atoms with Gasteiger partial charge in [-0.05, 0) is 38.2 Å². The predicted molar refractivity (Wildman–Crippen MR) is 98.2 cm³/mol. The third-order valence-electron chi connectivity index (χ3n) is 4.43. The summed E-state index contributed by atoms with van der Waals surface area (Å²) in [6, 6.07) is 4.53. The number of nitrogens with zero attached hydrogens (tertiary/aromatic N) is 3. The van der Waals surface area contributed by atoms with E-state index in [-0.39, 0.29) is 11.9 Å². The van der Waals surface area contributed by atoms with Crippen molar-refractivity contribution in [1.82, 2.24) is 4.90 Å². The zero-order valence-corrected chi connectivity index (χ0v) is 14.9. The number of benzene rings is 1. The molecule has 1 heterocycles. The Hall–Kier alpha value is -2.18. The van der Waals surface area contributed by atoms with Crippen molar-refractivity contribution in [3.63, 3.8) is 0 Å². The Morgan fingerprint density at radius 3 is 2.96 bits per heavy atom. The Balaban J connectivity index is 1.90. The first kappa shape index (κ1) is 17.6. The van der Waals surface area contributed by atoms with Gasteiger partial charge in [-0.3, -0.25) is 4.79 Å². The van der Waals surface area contributed by atoms with Crippen LogP contribution in [-0.4, -0.2) is 50.1 Å². The minimum absolute atomic E-state index is 0.131. The molecule has 1 aromatic carbocycles. The summed E-state index contributed by atoms with van der Waals surface area (Å²) in [5.41, 5.74) is 1.58. The van der Waals surface area contributed by atoms with E-state index in [2.05, 4.69) is 5.18 Å². The van der Waals surface area contributed by atoms with Crippen molar-refractivity contribution in [3.05, 3.63) is 51.9 Å². The third-order valence-corrected chi connectivity index (χ3v) is 4.66. The Morgan fingerprint density at radius 2 is 2.24 bits per heavy atom. The van der Waals surface area contributed by atoms with E-state index in [0.29, 0.717) is 36.0 Å². The number of carbonyl (C=O) groups is 1. The van der Waals surface area contributed by atoms with E-state index >= 15 is 0 Å². The fourth-order valence-corrected chi connectivity index (χ4v) is 3.48. The molecule has 2 atom stereocenters. The maximum Gasteiger partial charge on any atom is 0.251 e. The van der Waals surface area contributed by atoms with Crippen LogP contribution in [0.15, 0.2) is 47.2 Å². The minimum Gasteiger partial charge on any atom is -0.489 e. The highest BCUT2D eigenvalue weighted by molar-refractivity contribution is 6.30. The first-order valence-electron chi connectivity index (χ1n) is 8.11. The monoisotopic (exact) mass is 361 g/mol. The molecule has 1 aromatic rings. The summed E-state index contributed by atoms with van der Waals surface area (Å²) in [6.07, 6.45) is 5.93. The van der Waals surface area contributed by atoms with Gasteiger partial charge in [0, 0.05) is 17.2 Å². The van der Waals surface area contributed by atoms with Crippen LogP contribution in [0.3, 0.4) is 0 Å². The Bertz CT molecular complexity index is 745. The van der Waals surface area contributed by atoms with E-state index in [9.17, 15) is 9.70 Å². The van der Waals surface area contributed by atoms with Crippen LogP contribution in [0.4, 0.5) is 5.69 Å². The fraction of sp³-hybridized carbons (Fsp3) is 0.389. The molecule has 3 rings (SSSR count). The van der Waals surface area contributed by atoms with E-state index in [1.54, 1.807) is 35.3 Å². The first-order valence-corrected chi connectivity index (χ1v) is 8.49. The van der Waals surface area contributed by atoms with Crippen LogP contribution in [0.25, 0.3) is 0 Å². The second-order valence-corrected chi connectivity index (χ2v) is 6.74. The van der Waals surface area contributed by atoms with Crippen LogP contribution in [0.5, 0.6) is 5.75 Å². The molecule has 1 amide bonds. The molecule has 2 unspecified atom stereocenters. The molecule has 1 aliphatic carbocycles. The molecule has 0 N–H and O–H groups in total. The van der Waals surface area contributed by atoms with Crippen LogP contribution in [-0.2, 0) is 4.79 Å². The average molecular weight is 362 g/mol. The molecular formula is C18H20ClN3O3. The number of halogens is 1. The molecule has 2 aliphatic rings. The Kier molecular flexibility index (Phi) is 5.20. The molecule has 0 spiro atoms. The molecule has 0 bridgehead atoms. The Morgan fingerprint density at radius 1 is 1.44 bits per heavy atom. The van der Waals surface area contributed by atoms with E-state index in [4.69, 9.17) is 16.3 Å². The van der Waals surface area contributed by atoms with Gasteiger partial charge in [0.25, 0.3) is 5.91 Å². The molecule has 25 heavy (non-hydrogen) atoms. The maximum absolute atomic E-state index is 12.9. The van der Waals surface area contributed by atoms with E-state index in [0.717, 1.165) is 5.57 Å². The van der Waals surface area contributed by atoms with Crippen LogP contribution >= 0.6 is 11.6 Å². The molecule has 0 saturated carbocycles. The van der Waals surface area contributed by atoms with E-state index < -0.39 is 6.04 Å². The van der Waals surface area contributed by atoms with Crippen molar-refractivity contribution >= 4 is 23.2 Å². The van der Waals surface area contributed by atoms with Crippen molar-refractivity contribution in [1.29, 1.82) is 0 Å². The summed E-state index contributed by atoms with van der Waals surface area (Å²) >= 11 is 6.00. The zero-order chi connectivity index (χ0) is 18.0. The highest BCUT2D eigenvalue weighted by Crippen LogP contribution is 2.34. The van der Waals surface area contributed by atoms with Gasteiger partial charge in [-0.2, -0.15) is 4.91 Å². The van der Waals surface area contributed by atoms with Crippen molar-refractivity contribution in [2.75, 3.05) is 32.1 Å². The number of carbonyl (C=O) groups excluding carboxylic acids is 1. The van der Waals surface area contributed by atoms with Crippen LogP contribution in [0, 0.1) is 4.91 Å². The molecular weight excluding hydrogens is 342 g/mol. The van der Waals surface area contributed by atoms with Gasteiger partial charge in [0.15, 0.2) is 0 Å². The SMILES string of the molecule is CN(C)C1C(=CC(=O)N2CCOc3cc(Cl)ccc32)CC=CC1N=O. The second kappa shape index (κ2) is 7.37. The molecule has 6 nitrogen and oxygen atoms in total. The highest BCUT2D eigenvalue weighted by Gasteiger charge is 2.30. The number of nitroso groups, excluding NO2 is 1. The number of allylic oxidation sites excluding steroid dienone is 1. The summed E-state index contributed by atoms with van der Waals surface area (Å²) in [5.74, 6) is 0.472. The molecule has 7 heteroatoms. The number of hydrogen-bond donors (Lipinski definition) is 0. The van der Waals surface area contributed by atoms with Gasteiger partial charge in [-0.1, -0.05) is 28.9 Å². The van der Waals surface area contributed by atoms with Crippen molar-refractivity contribution in [3.8, 4) is 5.75 Å². The maximum atomic E-state index is 12.9. The quantitative estimate of drug-likeness (QED) is 0.471. The lowest BCUT2D eigenvalue weighted by Gasteiger charge is -2.33. The normalized spacial score (nSPS) is 24.2. The molecule has 0 saturated heterocycles. The summed E-state index contributed by atoms with van der Waals surface area (Å²) < 4.78 is 5.59. The van der Waals surface area contributed by atoms with Gasteiger partial charge in [0.1, 0.15) is 18.4 Å². The molecule has 0 fully saturated rings. The number of rotatable bonds is 3. The van der Waals surface area contributed by atoms with Gasteiger partial charge in [-0.15, -0.1) is 0 Å². The number of hydrogen-bond acceptors (Lipinski definition) is 5. The van der Waals surface area contributed by atoms with E-state index in [1.165, 1.54) is 0 Å². The van der Waals surface area contributed by atoms with Gasteiger partial charge in [0.05, 0.1) is 18.3 Å². The standard InChI is InChI=1S/C18H20ClN3O3/c1-21(2)18-12(4-3-5-14(18)20-24)10-17(23)22-8-9-25-16-11-13(19)6-7-15(16)22/h3,5-7,10-11,14,18H,4,8-9H2,1-2H3. The van der Waals surface area contributed by atoms with Crippen molar-refractivity contribution < 1.29 is 9.53 Å². The van der Waals surface area contributed by atoms with Crippen LogP contribution < -0.4 is 9.64 Å². The lowest BCUT2D eigenvalue weighted by Crippen LogP contribution is -2.42. The van der Waals surface area contributed by atoms with Crippen LogP contribution in [0.1, 0.15) is 6.42 Å². The molecule has 1 aliphatic heterocycles. The molecule has 132 valence electrons. The minimum atomic E-state index is -0.487. The second-order valence-electron chi connectivity index (χ2n) is 6.31. The average Bonchev–Trinajstić information content (AvgIpc) is 2.60. The summed E-state index contributed by atoms with van der Waals surface area (Å²) in [5, 5.41) is 3.75. The summed E-state index contributed by atoms with van der Waals surface area (Å²) in [4.78, 5) is 27.6. The number of fused-ring (bicyclic) bond motifs is 1. The van der Waals surface area contributed by atoms with Crippen LogP contribution in [0.2, 0.25) is 5.02 Å². The fourth-order valence-electron chi connectivity index (χ4n) is 3.32. The smallest absolute Gasteiger partial charge is 0.251 e. The molecule has 0 aromatic heterocycles. The first-order chi connectivity index (χ1) is 12.0. The number of ether oxygens (including phenoxy) is 1. The van der Waals surface area contributed by atoms with Gasteiger partial charge in [0.2, 0.25) is 0 Å². The topological polar surface area (TPSA) is 62.2 Å². The molecule has 0 radical (unpaired) electrons. The predicted octanol–water partition coefficient (Wildman–Crippen LogP) is 3.02. The number of likely N-dealkylation sites (N-methyl/N-ethyl adjacent to an activating group) is 1. The van der Waals surface area contributed by atoms with Gasteiger partial charge >= 0.3 is 0 Å². The van der Waals surface area contributed by atoms with Crippen molar-refractivity contribution in [2.45, 2.75) is 18.5 Å². The summed E-state index contributed by atoms with van der Waals surface area (Å²) in [6.45, 7) is 0.882. The van der Waals surface area contributed by atoms with Gasteiger partial charge in [-0.25, -0.2) is 0 Å². The lowest BCUT2D eigenvalue weighted by molar-refractivity contribution is -0.114. The van der Waals surface area contributed by atoms with E-state index in [1.807, 2.05) is 25.1 Å². The van der Waals surface area contributed by atoms with Crippen molar-refractivity contribution in [2.24, 2.45) is 5.18 Å². The summed E-state index contributed by atoms with van der Waals surface area (Å²) in [7, 11) is 3.76. The number of amides is 1. The zero-order valence-electron chi connectivity index (χ0n) is 14.2. The lowest BCUT2D eigenvalue weighted by atomic mass is 9.90.